The molecule has 2 aliphatic rings. The van der Waals surface area contributed by atoms with Gasteiger partial charge in [-0.15, -0.1) is 0 Å². The maximum atomic E-state index is 13.4. The number of hydrogen-bond donors (Lipinski definition) is 1. The average molecular weight is 345 g/mol. The first-order valence-corrected chi connectivity index (χ1v) is 7.97. The van der Waals surface area contributed by atoms with Gasteiger partial charge in [-0.25, -0.2) is 4.39 Å². The lowest BCUT2D eigenvalue weighted by molar-refractivity contribution is -0.140. The monoisotopic (exact) mass is 345 g/mol. The van der Waals surface area contributed by atoms with E-state index in [1.165, 1.54) is 0 Å². The number of piperazine rings is 1. The maximum absolute atomic E-state index is 13.4. The molecule has 2 aliphatic heterocycles. The molecular weight excluding hydrogens is 326 g/mol. The van der Waals surface area contributed by atoms with Crippen LogP contribution in [0.25, 0.3) is 0 Å². The van der Waals surface area contributed by atoms with Crippen LogP contribution in [0.4, 0.5) is 17.6 Å². The smallest absolute Gasteiger partial charge is 0.337 e. The summed E-state index contributed by atoms with van der Waals surface area (Å²) in [6.45, 7) is 4.61. The molecule has 24 heavy (non-hydrogen) atoms. The second kappa shape index (κ2) is 6.68. The molecule has 0 saturated carbocycles. The molecular formula is C16H19F4N3O. The minimum absolute atomic E-state index is 0.121. The van der Waals surface area contributed by atoms with Gasteiger partial charge in [-0.2, -0.15) is 13.2 Å². The number of benzene rings is 1. The molecule has 1 unspecified atom stereocenters. The fourth-order valence-corrected chi connectivity index (χ4v) is 3.33. The fraction of sp³-hybridized carbons (Fsp3) is 0.562. The zero-order valence-corrected chi connectivity index (χ0v) is 13.1. The molecule has 0 spiro atoms. The standard InChI is InChI=1S/C16H19F4N3O/c17-14-2-1-11(9-13(14)16(18,19)20)15(24)23-6-3-12(10-23)22-7-4-21-5-8-22/h1-2,9,12,21H,3-8,10H2. The van der Waals surface area contributed by atoms with E-state index in [1.54, 1.807) is 4.90 Å². The first-order valence-electron chi connectivity index (χ1n) is 7.97. The summed E-state index contributed by atoms with van der Waals surface area (Å²) in [5.41, 5.74) is -1.52. The topological polar surface area (TPSA) is 35.6 Å². The SMILES string of the molecule is O=C(c1ccc(F)c(C(F)(F)F)c1)N1CCC(N2CCNCC2)C1. The van der Waals surface area contributed by atoms with Crippen molar-refractivity contribution in [3.63, 3.8) is 0 Å². The van der Waals surface area contributed by atoms with E-state index >= 15 is 0 Å². The van der Waals surface area contributed by atoms with Crippen LogP contribution < -0.4 is 5.32 Å². The minimum atomic E-state index is -4.81. The molecule has 0 radical (unpaired) electrons. The molecule has 2 heterocycles. The van der Waals surface area contributed by atoms with E-state index in [9.17, 15) is 22.4 Å². The third-order valence-electron chi connectivity index (χ3n) is 4.64. The number of nitrogens with one attached hydrogen (secondary N) is 1. The number of amides is 1. The summed E-state index contributed by atoms with van der Waals surface area (Å²) < 4.78 is 51.7. The molecule has 2 saturated heterocycles. The highest BCUT2D eigenvalue weighted by Crippen LogP contribution is 2.32. The van der Waals surface area contributed by atoms with Crippen molar-refractivity contribution in [2.45, 2.75) is 18.6 Å². The van der Waals surface area contributed by atoms with Crippen LogP contribution in [0.2, 0.25) is 0 Å². The second-order valence-electron chi connectivity index (χ2n) is 6.17. The predicted octanol–water partition coefficient (Wildman–Crippen LogP) is 1.96. The molecule has 1 atom stereocenters. The summed E-state index contributed by atoms with van der Waals surface area (Å²) in [7, 11) is 0. The predicted molar refractivity (Wildman–Crippen MR) is 80.2 cm³/mol. The lowest BCUT2D eigenvalue weighted by Crippen LogP contribution is -2.49. The Hall–Kier alpha value is -1.67. The van der Waals surface area contributed by atoms with Crippen molar-refractivity contribution >= 4 is 5.91 Å². The van der Waals surface area contributed by atoms with Crippen molar-refractivity contribution in [3.05, 3.63) is 35.1 Å². The van der Waals surface area contributed by atoms with Crippen LogP contribution in [0.15, 0.2) is 18.2 Å². The van der Waals surface area contributed by atoms with Gasteiger partial charge in [0.05, 0.1) is 5.56 Å². The highest BCUT2D eigenvalue weighted by atomic mass is 19.4. The number of carbonyl (C=O) groups excluding carboxylic acids is 1. The zero-order valence-electron chi connectivity index (χ0n) is 13.1. The van der Waals surface area contributed by atoms with Crippen LogP contribution in [0, 0.1) is 5.82 Å². The van der Waals surface area contributed by atoms with Crippen LogP contribution in [0.1, 0.15) is 22.3 Å². The Balaban J connectivity index is 1.71. The van der Waals surface area contributed by atoms with Gasteiger partial charge in [0.15, 0.2) is 0 Å². The van der Waals surface area contributed by atoms with E-state index in [1.807, 2.05) is 0 Å². The van der Waals surface area contributed by atoms with Crippen LogP contribution >= 0.6 is 0 Å². The highest BCUT2D eigenvalue weighted by molar-refractivity contribution is 5.94. The van der Waals surface area contributed by atoms with Crippen LogP contribution in [0.5, 0.6) is 0 Å². The van der Waals surface area contributed by atoms with E-state index in [-0.39, 0.29) is 11.6 Å². The number of likely N-dealkylation sites (tertiary alicyclic amines) is 1. The Labute approximate surface area is 137 Å². The summed E-state index contributed by atoms with van der Waals surface area (Å²) >= 11 is 0. The molecule has 1 aromatic rings. The van der Waals surface area contributed by atoms with Crippen molar-refractivity contribution in [2.75, 3.05) is 39.3 Å². The molecule has 0 aromatic heterocycles. The molecule has 132 valence electrons. The van der Waals surface area contributed by atoms with E-state index in [4.69, 9.17) is 0 Å². The van der Waals surface area contributed by atoms with Gasteiger partial charge in [0, 0.05) is 50.9 Å². The van der Waals surface area contributed by atoms with Gasteiger partial charge in [-0.3, -0.25) is 9.69 Å². The molecule has 2 fully saturated rings. The van der Waals surface area contributed by atoms with Gasteiger partial charge >= 0.3 is 6.18 Å². The van der Waals surface area contributed by atoms with Crippen LogP contribution in [-0.2, 0) is 6.18 Å². The molecule has 4 nitrogen and oxygen atoms in total. The Kier molecular flexibility index (Phi) is 4.78. The third kappa shape index (κ3) is 3.54. The lowest BCUT2D eigenvalue weighted by Gasteiger charge is -2.32. The average Bonchev–Trinajstić information content (AvgIpc) is 3.04. The number of nitrogens with zero attached hydrogens (tertiary/aromatic N) is 2. The molecule has 0 bridgehead atoms. The summed E-state index contributed by atoms with van der Waals surface area (Å²) in [6.07, 6.45) is -4.01. The Morgan fingerprint density at radius 3 is 2.54 bits per heavy atom. The van der Waals surface area contributed by atoms with Crippen molar-refractivity contribution in [1.29, 1.82) is 0 Å². The first-order chi connectivity index (χ1) is 11.4. The maximum Gasteiger partial charge on any atom is 0.419 e. The summed E-state index contributed by atoms with van der Waals surface area (Å²) in [6, 6.07) is 2.67. The number of halogens is 4. The van der Waals surface area contributed by atoms with Gasteiger partial charge in [-0.05, 0) is 24.6 Å². The quantitative estimate of drug-likeness (QED) is 0.833. The minimum Gasteiger partial charge on any atom is -0.337 e. The molecule has 1 aromatic carbocycles. The number of alkyl halides is 3. The van der Waals surface area contributed by atoms with Gasteiger partial charge in [0.25, 0.3) is 5.91 Å². The highest BCUT2D eigenvalue weighted by Gasteiger charge is 2.36. The van der Waals surface area contributed by atoms with E-state index in [2.05, 4.69) is 10.2 Å². The lowest BCUT2D eigenvalue weighted by atomic mass is 10.1. The molecule has 3 rings (SSSR count). The first kappa shape index (κ1) is 17.2. The third-order valence-corrected chi connectivity index (χ3v) is 4.64. The molecule has 8 heteroatoms. The van der Waals surface area contributed by atoms with Crippen molar-refractivity contribution in [1.82, 2.24) is 15.1 Å². The zero-order chi connectivity index (χ0) is 17.3. The second-order valence-corrected chi connectivity index (χ2v) is 6.17. The number of carbonyl (C=O) groups is 1. The van der Waals surface area contributed by atoms with Crippen LogP contribution in [-0.4, -0.2) is 61.0 Å². The van der Waals surface area contributed by atoms with Gasteiger partial charge in [0.2, 0.25) is 0 Å². The molecule has 0 aliphatic carbocycles. The summed E-state index contributed by atoms with van der Waals surface area (Å²) in [5, 5.41) is 3.26. The van der Waals surface area contributed by atoms with Gasteiger partial charge in [0.1, 0.15) is 5.82 Å². The Morgan fingerprint density at radius 1 is 1.17 bits per heavy atom. The Morgan fingerprint density at radius 2 is 1.88 bits per heavy atom. The van der Waals surface area contributed by atoms with Crippen molar-refractivity contribution < 1.29 is 22.4 Å². The number of rotatable bonds is 2. The van der Waals surface area contributed by atoms with E-state index in [0.717, 1.165) is 38.7 Å². The summed E-state index contributed by atoms with van der Waals surface area (Å²) in [4.78, 5) is 16.3. The van der Waals surface area contributed by atoms with Gasteiger partial charge < -0.3 is 10.2 Å². The Bertz CT molecular complexity index is 614. The molecule has 1 N–H and O–H groups in total. The van der Waals surface area contributed by atoms with E-state index in [0.29, 0.717) is 25.2 Å². The fourth-order valence-electron chi connectivity index (χ4n) is 3.33. The van der Waals surface area contributed by atoms with Crippen LogP contribution in [0.3, 0.4) is 0 Å². The number of hydrogen-bond acceptors (Lipinski definition) is 3. The normalized spacial score (nSPS) is 22.8. The van der Waals surface area contributed by atoms with Crippen molar-refractivity contribution in [2.24, 2.45) is 0 Å². The van der Waals surface area contributed by atoms with E-state index < -0.39 is 23.5 Å². The van der Waals surface area contributed by atoms with Crippen molar-refractivity contribution in [3.8, 4) is 0 Å². The molecule has 1 amide bonds. The summed E-state index contributed by atoms with van der Waals surface area (Å²) in [5.74, 6) is -1.84. The van der Waals surface area contributed by atoms with Gasteiger partial charge in [-0.1, -0.05) is 0 Å². The largest absolute Gasteiger partial charge is 0.419 e.